The van der Waals surface area contributed by atoms with Crippen LogP contribution in [0.25, 0.3) is 0 Å². The number of nitrogens with zero attached hydrogens (tertiary/aromatic N) is 4. The van der Waals surface area contributed by atoms with Gasteiger partial charge in [0.1, 0.15) is 18.1 Å². The number of hydrogen-bond donors (Lipinski definition) is 0. The Kier molecular flexibility index (Phi) is 4.95. The Morgan fingerprint density at radius 3 is 2.68 bits per heavy atom. The molecule has 7 nitrogen and oxygen atoms in total. The number of hydrogen-bond acceptors (Lipinski definition) is 5. The molecule has 0 aliphatic heterocycles. The molecule has 25 heavy (non-hydrogen) atoms. The molecule has 0 aliphatic rings. The van der Waals surface area contributed by atoms with Crippen molar-refractivity contribution in [3.8, 4) is 5.75 Å². The molecular formula is C17H15ClN4O3. The van der Waals surface area contributed by atoms with Gasteiger partial charge in [-0.05, 0) is 36.2 Å². The van der Waals surface area contributed by atoms with E-state index < -0.39 is 4.92 Å². The summed E-state index contributed by atoms with van der Waals surface area (Å²) in [7, 11) is 0. The molecule has 3 aromatic rings. The summed E-state index contributed by atoms with van der Waals surface area (Å²) in [6.45, 7) is 2.68. The van der Waals surface area contributed by atoms with Crippen LogP contribution in [-0.4, -0.2) is 19.9 Å². The molecule has 3 rings (SSSR count). The first kappa shape index (κ1) is 16.9. The third kappa shape index (κ3) is 4.33. The molecule has 128 valence electrons. The summed E-state index contributed by atoms with van der Waals surface area (Å²) in [5.74, 6) is 0.715. The van der Waals surface area contributed by atoms with E-state index in [-0.39, 0.29) is 5.69 Å². The number of aryl methyl sites for hydroxylation is 1. The van der Waals surface area contributed by atoms with E-state index >= 15 is 0 Å². The number of halogens is 1. The highest BCUT2D eigenvalue weighted by Crippen LogP contribution is 2.21. The van der Waals surface area contributed by atoms with E-state index in [4.69, 9.17) is 16.3 Å². The van der Waals surface area contributed by atoms with E-state index in [1.54, 1.807) is 35.1 Å². The SMILES string of the molecule is Cc1cc(OCc2cn(Cc3ccc([N+](=O)[O-])cc3)nn2)ccc1Cl. The number of non-ortho nitro benzene ring substituents is 1. The second-order valence-corrected chi connectivity index (χ2v) is 5.94. The van der Waals surface area contributed by atoms with Crippen LogP contribution in [0.3, 0.4) is 0 Å². The van der Waals surface area contributed by atoms with Crippen LogP contribution in [0.2, 0.25) is 5.02 Å². The number of nitro groups is 1. The molecule has 0 saturated carbocycles. The molecular weight excluding hydrogens is 344 g/mol. The van der Waals surface area contributed by atoms with Gasteiger partial charge in [0, 0.05) is 17.2 Å². The Morgan fingerprint density at radius 2 is 2.00 bits per heavy atom. The fraction of sp³-hybridized carbons (Fsp3) is 0.176. The fourth-order valence-corrected chi connectivity index (χ4v) is 2.37. The lowest BCUT2D eigenvalue weighted by atomic mass is 10.2. The van der Waals surface area contributed by atoms with Crippen molar-refractivity contribution >= 4 is 17.3 Å². The van der Waals surface area contributed by atoms with Gasteiger partial charge in [-0.15, -0.1) is 5.10 Å². The molecule has 0 N–H and O–H groups in total. The average molecular weight is 359 g/mol. The molecule has 0 atom stereocenters. The largest absolute Gasteiger partial charge is 0.487 e. The summed E-state index contributed by atoms with van der Waals surface area (Å²) in [6, 6.07) is 11.8. The molecule has 0 spiro atoms. The van der Waals surface area contributed by atoms with Gasteiger partial charge in [0.2, 0.25) is 0 Å². The van der Waals surface area contributed by atoms with E-state index in [9.17, 15) is 10.1 Å². The van der Waals surface area contributed by atoms with Gasteiger partial charge in [0.25, 0.3) is 5.69 Å². The van der Waals surface area contributed by atoms with Gasteiger partial charge >= 0.3 is 0 Å². The van der Waals surface area contributed by atoms with Crippen molar-refractivity contribution in [1.29, 1.82) is 0 Å². The third-order valence-corrected chi connectivity index (χ3v) is 4.02. The normalized spacial score (nSPS) is 10.6. The summed E-state index contributed by atoms with van der Waals surface area (Å²) in [5.41, 5.74) is 2.60. The van der Waals surface area contributed by atoms with Crippen LogP contribution in [0, 0.1) is 17.0 Å². The molecule has 0 radical (unpaired) electrons. The van der Waals surface area contributed by atoms with Crippen molar-refractivity contribution in [2.45, 2.75) is 20.1 Å². The Hall–Kier alpha value is -2.93. The van der Waals surface area contributed by atoms with E-state index in [1.165, 1.54) is 12.1 Å². The zero-order valence-corrected chi connectivity index (χ0v) is 14.2. The Labute approximate surface area is 149 Å². The number of nitro benzene ring substituents is 1. The molecule has 1 aromatic heterocycles. The van der Waals surface area contributed by atoms with Gasteiger partial charge in [-0.25, -0.2) is 4.68 Å². The van der Waals surface area contributed by atoms with Gasteiger partial charge in [-0.2, -0.15) is 0 Å². The molecule has 8 heteroatoms. The van der Waals surface area contributed by atoms with Crippen LogP contribution in [0.1, 0.15) is 16.8 Å². The first-order chi connectivity index (χ1) is 12.0. The number of ether oxygens (including phenoxy) is 1. The predicted octanol–water partition coefficient (Wildman–Crippen LogP) is 3.78. The molecule has 0 saturated heterocycles. The van der Waals surface area contributed by atoms with Gasteiger partial charge in [-0.1, -0.05) is 28.9 Å². The standard InChI is InChI=1S/C17H15ClN4O3/c1-12-8-16(6-7-17(12)18)25-11-14-10-21(20-19-14)9-13-2-4-15(5-3-13)22(23)24/h2-8,10H,9,11H2,1H3. The molecule has 0 amide bonds. The second kappa shape index (κ2) is 7.31. The lowest BCUT2D eigenvalue weighted by Crippen LogP contribution is -2.00. The predicted molar refractivity (Wildman–Crippen MR) is 92.7 cm³/mol. The van der Waals surface area contributed by atoms with Crippen LogP contribution < -0.4 is 4.74 Å². The summed E-state index contributed by atoms with van der Waals surface area (Å²) >= 11 is 5.99. The maximum Gasteiger partial charge on any atom is 0.269 e. The van der Waals surface area contributed by atoms with Crippen LogP contribution in [0.4, 0.5) is 5.69 Å². The van der Waals surface area contributed by atoms with Gasteiger partial charge < -0.3 is 4.74 Å². The molecule has 1 heterocycles. The third-order valence-electron chi connectivity index (χ3n) is 3.59. The fourth-order valence-electron chi connectivity index (χ4n) is 2.26. The summed E-state index contributed by atoms with van der Waals surface area (Å²) in [5, 5.41) is 19.5. The van der Waals surface area contributed by atoms with E-state index in [0.717, 1.165) is 11.1 Å². The van der Waals surface area contributed by atoms with Crippen molar-refractivity contribution in [2.75, 3.05) is 0 Å². The minimum atomic E-state index is -0.423. The lowest BCUT2D eigenvalue weighted by Gasteiger charge is -2.05. The molecule has 0 unspecified atom stereocenters. The smallest absolute Gasteiger partial charge is 0.269 e. The van der Waals surface area contributed by atoms with E-state index in [2.05, 4.69) is 10.3 Å². The highest BCUT2D eigenvalue weighted by molar-refractivity contribution is 6.31. The van der Waals surface area contributed by atoms with E-state index in [0.29, 0.717) is 29.6 Å². The van der Waals surface area contributed by atoms with Crippen molar-refractivity contribution in [2.24, 2.45) is 0 Å². The number of rotatable bonds is 6. The lowest BCUT2D eigenvalue weighted by molar-refractivity contribution is -0.384. The van der Waals surface area contributed by atoms with Crippen molar-refractivity contribution in [1.82, 2.24) is 15.0 Å². The maximum absolute atomic E-state index is 10.7. The zero-order chi connectivity index (χ0) is 17.8. The van der Waals surface area contributed by atoms with Gasteiger partial charge in [0.05, 0.1) is 17.7 Å². The highest BCUT2D eigenvalue weighted by atomic mass is 35.5. The maximum atomic E-state index is 10.7. The first-order valence-electron chi connectivity index (χ1n) is 7.52. The monoisotopic (exact) mass is 358 g/mol. The molecule has 2 aromatic carbocycles. The molecule has 0 bridgehead atoms. The van der Waals surface area contributed by atoms with Gasteiger partial charge in [-0.3, -0.25) is 10.1 Å². The van der Waals surface area contributed by atoms with Crippen LogP contribution >= 0.6 is 11.6 Å². The summed E-state index contributed by atoms with van der Waals surface area (Å²) < 4.78 is 7.34. The highest BCUT2D eigenvalue weighted by Gasteiger charge is 2.07. The first-order valence-corrected chi connectivity index (χ1v) is 7.90. The minimum absolute atomic E-state index is 0.0645. The van der Waals surface area contributed by atoms with Crippen LogP contribution in [-0.2, 0) is 13.2 Å². The Balaban J connectivity index is 1.60. The van der Waals surface area contributed by atoms with Crippen LogP contribution in [0.5, 0.6) is 5.75 Å². The summed E-state index contributed by atoms with van der Waals surface area (Å²) in [4.78, 5) is 10.2. The van der Waals surface area contributed by atoms with E-state index in [1.807, 2.05) is 13.0 Å². The topological polar surface area (TPSA) is 83.1 Å². The zero-order valence-electron chi connectivity index (χ0n) is 13.4. The van der Waals surface area contributed by atoms with Crippen molar-refractivity contribution in [3.63, 3.8) is 0 Å². The van der Waals surface area contributed by atoms with Crippen molar-refractivity contribution in [3.05, 3.63) is 80.6 Å². The Morgan fingerprint density at radius 1 is 1.24 bits per heavy atom. The number of benzene rings is 2. The number of aromatic nitrogens is 3. The minimum Gasteiger partial charge on any atom is -0.487 e. The summed E-state index contributed by atoms with van der Waals surface area (Å²) in [6.07, 6.45) is 1.78. The quantitative estimate of drug-likeness (QED) is 0.494. The van der Waals surface area contributed by atoms with Crippen LogP contribution in [0.15, 0.2) is 48.7 Å². The average Bonchev–Trinajstić information content (AvgIpc) is 3.04. The molecule has 0 fully saturated rings. The Bertz CT molecular complexity index is 893. The van der Waals surface area contributed by atoms with Crippen molar-refractivity contribution < 1.29 is 9.66 Å². The second-order valence-electron chi connectivity index (χ2n) is 5.53. The molecule has 0 aliphatic carbocycles. The van der Waals surface area contributed by atoms with Gasteiger partial charge in [0.15, 0.2) is 0 Å².